The van der Waals surface area contributed by atoms with Crippen LogP contribution in [-0.4, -0.2) is 34.1 Å². The molecule has 2 bridgehead atoms. The van der Waals surface area contributed by atoms with Crippen molar-refractivity contribution >= 4 is 22.7 Å². The predicted molar refractivity (Wildman–Crippen MR) is 81.6 cm³/mol. The fraction of sp³-hybridized carbons (Fsp3) is 0.786. The number of urea groups is 1. The van der Waals surface area contributed by atoms with Gasteiger partial charge in [-0.1, -0.05) is 20.8 Å². The van der Waals surface area contributed by atoms with Gasteiger partial charge in [0.1, 0.15) is 5.82 Å². The number of nitrogens with zero attached hydrogens (tertiary/aromatic N) is 2. The zero-order valence-electron chi connectivity index (χ0n) is 12.7. The number of hydrogen-bond donors (Lipinski definition) is 2. The van der Waals surface area contributed by atoms with Crippen LogP contribution in [0.1, 0.15) is 45.9 Å². The quantitative estimate of drug-likeness (QED) is 0.899. The maximum Gasteiger partial charge on any atom is 0.321 e. The van der Waals surface area contributed by atoms with E-state index in [4.69, 9.17) is 4.74 Å². The van der Waals surface area contributed by atoms with Gasteiger partial charge in [-0.05, 0) is 19.3 Å². The van der Waals surface area contributed by atoms with Crippen molar-refractivity contribution in [1.82, 2.24) is 14.7 Å². The lowest BCUT2D eigenvalue weighted by Crippen LogP contribution is -2.36. The minimum absolute atomic E-state index is 0.104. The van der Waals surface area contributed by atoms with Crippen LogP contribution < -0.4 is 10.6 Å². The van der Waals surface area contributed by atoms with Crippen molar-refractivity contribution < 1.29 is 9.53 Å². The summed E-state index contributed by atoms with van der Waals surface area (Å²) in [5.74, 6) is 1.21. The van der Waals surface area contributed by atoms with Gasteiger partial charge in [-0.25, -0.2) is 9.78 Å². The molecule has 3 rings (SSSR count). The Bertz CT molecular complexity index is 525. The number of rotatable bonds is 3. The van der Waals surface area contributed by atoms with Crippen LogP contribution in [0, 0.1) is 5.92 Å². The van der Waals surface area contributed by atoms with Gasteiger partial charge in [0.2, 0.25) is 5.13 Å². The van der Waals surface area contributed by atoms with E-state index in [0.717, 1.165) is 18.7 Å². The second-order valence-electron chi connectivity index (χ2n) is 6.88. The molecule has 1 aromatic rings. The highest BCUT2D eigenvalue weighted by atomic mass is 32.1. The number of amides is 2. The summed E-state index contributed by atoms with van der Waals surface area (Å²) in [6.45, 7) is 6.81. The minimum atomic E-state index is -0.214. The third-order valence-electron chi connectivity index (χ3n) is 4.07. The zero-order chi connectivity index (χ0) is 15.0. The summed E-state index contributed by atoms with van der Waals surface area (Å²) in [7, 11) is 0. The highest BCUT2D eigenvalue weighted by Crippen LogP contribution is 2.38. The maximum absolute atomic E-state index is 11.9. The van der Waals surface area contributed by atoms with E-state index in [1.807, 2.05) is 20.8 Å². The summed E-state index contributed by atoms with van der Waals surface area (Å²) in [5, 5.41) is 6.21. The van der Waals surface area contributed by atoms with E-state index in [9.17, 15) is 4.79 Å². The van der Waals surface area contributed by atoms with Crippen LogP contribution in [0.25, 0.3) is 0 Å². The first-order chi connectivity index (χ1) is 9.91. The molecule has 2 aliphatic rings. The Morgan fingerprint density at radius 1 is 1.43 bits per heavy atom. The van der Waals surface area contributed by atoms with Gasteiger partial charge in [0.15, 0.2) is 0 Å². The number of carbonyl (C=O) groups excluding carboxylic acids is 1. The number of nitrogens with one attached hydrogen (secondary N) is 2. The van der Waals surface area contributed by atoms with E-state index in [1.165, 1.54) is 18.0 Å². The molecular formula is C14H22N4O2S. The van der Waals surface area contributed by atoms with Crippen molar-refractivity contribution in [3.05, 3.63) is 5.82 Å². The summed E-state index contributed by atoms with van der Waals surface area (Å²) >= 11 is 1.22. The molecule has 2 fully saturated rings. The molecule has 2 aliphatic heterocycles. The van der Waals surface area contributed by atoms with E-state index < -0.39 is 0 Å². The molecule has 0 spiro atoms. The standard InChI is InChI=1S/C14H22N4O2S/c1-14(2,3)11-16-13(21-18-11)17-12(19)15-7-8-6-9-4-5-10(8)20-9/h8-10H,4-7H2,1-3H3,(H2,15,16,17,18,19)/t8-,9-,10+/m0/s1. The first-order valence-electron chi connectivity index (χ1n) is 7.46. The summed E-state index contributed by atoms with van der Waals surface area (Å²) in [6, 6.07) is -0.214. The van der Waals surface area contributed by atoms with E-state index in [-0.39, 0.29) is 11.4 Å². The van der Waals surface area contributed by atoms with Crippen LogP contribution in [0.3, 0.4) is 0 Å². The van der Waals surface area contributed by atoms with Gasteiger partial charge in [0.05, 0.1) is 12.2 Å². The molecule has 0 aromatic carbocycles. The lowest BCUT2D eigenvalue weighted by atomic mass is 9.89. The van der Waals surface area contributed by atoms with Crippen LogP contribution >= 0.6 is 11.5 Å². The fourth-order valence-electron chi connectivity index (χ4n) is 2.90. The zero-order valence-corrected chi connectivity index (χ0v) is 13.5. The van der Waals surface area contributed by atoms with Crippen LogP contribution in [-0.2, 0) is 10.2 Å². The Kier molecular flexibility index (Phi) is 3.88. The van der Waals surface area contributed by atoms with Crippen LogP contribution in [0.4, 0.5) is 9.93 Å². The van der Waals surface area contributed by atoms with Crippen LogP contribution in [0.15, 0.2) is 0 Å². The van der Waals surface area contributed by atoms with Crippen LogP contribution in [0.5, 0.6) is 0 Å². The first-order valence-corrected chi connectivity index (χ1v) is 8.23. The molecule has 0 saturated carbocycles. The first kappa shape index (κ1) is 14.7. The van der Waals surface area contributed by atoms with Gasteiger partial charge >= 0.3 is 6.03 Å². The van der Waals surface area contributed by atoms with Crippen molar-refractivity contribution in [2.24, 2.45) is 5.92 Å². The number of carbonyl (C=O) groups is 1. The molecule has 0 aliphatic carbocycles. The lowest BCUT2D eigenvalue weighted by Gasteiger charge is -2.18. The molecule has 0 unspecified atom stereocenters. The molecule has 2 amide bonds. The summed E-state index contributed by atoms with van der Waals surface area (Å²) < 4.78 is 10.1. The molecule has 0 radical (unpaired) electrons. The third kappa shape index (κ3) is 3.35. The SMILES string of the molecule is CC(C)(C)c1nsc(NC(=O)NC[C@@H]2C[C@@H]3CC[C@H]2O3)n1. The molecule has 2 saturated heterocycles. The second kappa shape index (κ2) is 5.53. The summed E-state index contributed by atoms with van der Waals surface area (Å²) in [5.41, 5.74) is -0.104. The van der Waals surface area contributed by atoms with E-state index in [0.29, 0.717) is 29.8 Å². The molecule has 21 heavy (non-hydrogen) atoms. The Balaban J connectivity index is 1.47. The van der Waals surface area contributed by atoms with E-state index in [1.54, 1.807) is 0 Å². The number of anilines is 1. The Labute approximate surface area is 128 Å². The van der Waals surface area contributed by atoms with Gasteiger partial charge in [0.25, 0.3) is 0 Å². The monoisotopic (exact) mass is 310 g/mol. The topological polar surface area (TPSA) is 76.1 Å². The summed E-state index contributed by atoms with van der Waals surface area (Å²) in [4.78, 5) is 16.3. The van der Waals surface area contributed by atoms with Crippen molar-refractivity contribution in [3.8, 4) is 0 Å². The maximum atomic E-state index is 11.9. The van der Waals surface area contributed by atoms with Crippen molar-refractivity contribution in [3.63, 3.8) is 0 Å². The van der Waals surface area contributed by atoms with Crippen molar-refractivity contribution in [1.29, 1.82) is 0 Å². The van der Waals surface area contributed by atoms with Crippen molar-refractivity contribution in [2.45, 2.75) is 57.7 Å². The molecule has 6 nitrogen and oxygen atoms in total. The molecule has 3 atom stereocenters. The Morgan fingerprint density at radius 3 is 2.81 bits per heavy atom. The highest BCUT2D eigenvalue weighted by Gasteiger charge is 2.40. The molecule has 7 heteroatoms. The number of aromatic nitrogens is 2. The van der Waals surface area contributed by atoms with Gasteiger partial charge in [-0.3, -0.25) is 5.32 Å². The second-order valence-corrected chi connectivity index (χ2v) is 7.63. The molecule has 116 valence electrons. The van der Waals surface area contributed by atoms with E-state index >= 15 is 0 Å². The van der Waals surface area contributed by atoms with Gasteiger partial charge in [-0.15, -0.1) is 0 Å². The fourth-order valence-corrected chi connectivity index (χ4v) is 3.66. The Morgan fingerprint density at radius 2 is 2.24 bits per heavy atom. The predicted octanol–water partition coefficient (Wildman–Crippen LogP) is 2.52. The molecule has 3 heterocycles. The lowest BCUT2D eigenvalue weighted by molar-refractivity contribution is 0.0928. The highest BCUT2D eigenvalue weighted by molar-refractivity contribution is 7.09. The number of hydrogen-bond acceptors (Lipinski definition) is 5. The largest absolute Gasteiger partial charge is 0.375 e. The minimum Gasteiger partial charge on any atom is -0.375 e. The van der Waals surface area contributed by atoms with E-state index in [2.05, 4.69) is 20.0 Å². The number of fused-ring (bicyclic) bond motifs is 2. The smallest absolute Gasteiger partial charge is 0.321 e. The van der Waals surface area contributed by atoms with Gasteiger partial charge in [0, 0.05) is 29.4 Å². The molecule has 1 aromatic heterocycles. The van der Waals surface area contributed by atoms with Gasteiger partial charge in [-0.2, -0.15) is 4.37 Å². The Hall–Kier alpha value is -1.21. The van der Waals surface area contributed by atoms with Crippen molar-refractivity contribution in [2.75, 3.05) is 11.9 Å². The number of ether oxygens (including phenoxy) is 1. The third-order valence-corrected chi connectivity index (χ3v) is 4.70. The van der Waals surface area contributed by atoms with Crippen LogP contribution in [0.2, 0.25) is 0 Å². The molecular weight excluding hydrogens is 288 g/mol. The average Bonchev–Trinajstić information content (AvgIpc) is 3.10. The molecule has 2 N–H and O–H groups in total. The average molecular weight is 310 g/mol. The summed E-state index contributed by atoms with van der Waals surface area (Å²) in [6.07, 6.45) is 4.13. The normalized spacial score (nSPS) is 27.9. The van der Waals surface area contributed by atoms with Gasteiger partial charge < -0.3 is 10.1 Å².